The fourth-order valence-corrected chi connectivity index (χ4v) is 7.15. The summed E-state index contributed by atoms with van der Waals surface area (Å²) in [5.41, 5.74) is 10.6. The van der Waals surface area contributed by atoms with Gasteiger partial charge in [0.05, 0.1) is 22.5 Å². The number of sulfone groups is 1. The highest BCUT2D eigenvalue weighted by atomic mass is 32.2. The molecule has 1 saturated heterocycles. The second-order valence-corrected chi connectivity index (χ2v) is 14.1. The van der Waals surface area contributed by atoms with Gasteiger partial charge in [0.2, 0.25) is 5.96 Å². The Kier molecular flexibility index (Phi) is 6.51. The van der Waals surface area contributed by atoms with E-state index in [1.54, 1.807) is 37.0 Å². The number of aliphatic imine (C=N–C) groups is 1. The monoisotopic (exact) mass is 553 g/mol. The number of nitrogens with two attached hydrogens (primary N) is 1. The van der Waals surface area contributed by atoms with Crippen molar-refractivity contribution in [2.24, 2.45) is 10.7 Å². The number of nitrogens with one attached hydrogen (secondary N) is 3. The van der Waals surface area contributed by atoms with Crippen molar-refractivity contribution in [1.82, 2.24) is 20.4 Å². The molecule has 4 aliphatic rings. The Morgan fingerprint density at radius 3 is 2.67 bits per heavy atom. The van der Waals surface area contributed by atoms with Crippen molar-refractivity contribution in [2.75, 3.05) is 18.4 Å². The number of piperidine rings is 1. The smallest absolute Gasteiger partial charge is 0.202 e. The molecule has 1 aromatic heterocycles. The van der Waals surface area contributed by atoms with E-state index >= 15 is 0 Å². The molecule has 4 heterocycles. The Morgan fingerprint density at radius 1 is 1.23 bits per heavy atom. The van der Waals surface area contributed by atoms with Gasteiger partial charge in [-0.05, 0) is 95.7 Å². The Morgan fingerprint density at radius 2 is 1.97 bits per heavy atom. The normalized spacial score (nSPS) is 25.3. The predicted molar refractivity (Wildman–Crippen MR) is 152 cm³/mol. The number of rotatable bonds is 6. The zero-order valence-corrected chi connectivity index (χ0v) is 23.9. The number of benzene rings is 1. The van der Waals surface area contributed by atoms with Crippen LogP contribution in [-0.4, -0.2) is 48.6 Å². The van der Waals surface area contributed by atoms with Gasteiger partial charge >= 0.3 is 0 Å². The summed E-state index contributed by atoms with van der Waals surface area (Å²) < 4.78 is 34.6. The van der Waals surface area contributed by atoms with Crippen LogP contribution in [0.3, 0.4) is 0 Å². The number of nitrogens with zero attached hydrogens (tertiary/aromatic N) is 3. The van der Waals surface area contributed by atoms with Gasteiger partial charge in [-0.3, -0.25) is 10.4 Å². The minimum atomic E-state index is -3.67. The molecule has 0 amide bonds. The highest BCUT2D eigenvalue weighted by molar-refractivity contribution is 7.92. The predicted octanol–water partition coefficient (Wildman–Crippen LogP) is 3.20. The second kappa shape index (κ2) is 9.64. The molecule has 6 rings (SSSR count). The zero-order valence-electron chi connectivity index (χ0n) is 23.1. The topological polar surface area (TPSA) is 136 Å². The quantitative estimate of drug-likeness (QED) is 0.428. The Balaban J connectivity index is 1.37. The van der Waals surface area contributed by atoms with Gasteiger partial charge in [0.1, 0.15) is 11.9 Å². The number of guanidine groups is 1. The standard InChI is InChI=1S/C28H39N7O3S/c1-16(2)39(36,37)26-22(15-35(34-26)20-5-6-20)28(29)9-12-31-27(33-28)32-23-13-17(3)24(19-7-10-30-11-8-19)21-14-18(4)38-25(21)23/h9,12-13,15-16,18-20,30H,5-8,10-11,14,29H2,1-4H3,(H2,31,32,33). The molecule has 210 valence electrons. The first-order chi connectivity index (χ1) is 18.6. The van der Waals surface area contributed by atoms with Gasteiger partial charge in [0.15, 0.2) is 20.5 Å². The lowest BCUT2D eigenvalue weighted by molar-refractivity contribution is 0.256. The van der Waals surface area contributed by atoms with Crippen molar-refractivity contribution in [3.05, 3.63) is 46.8 Å². The molecule has 5 N–H and O–H groups in total. The first-order valence-corrected chi connectivity index (χ1v) is 15.6. The lowest BCUT2D eigenvalue weighted by atomic mass is 9.83. The van der Waals surface area contributed by atoms with Gasteiger partial charge in [-0.2, -0.15) is 5.10 Å². The fraction of sp³-hybridized carbons (Fsp3) is 0.571. The number of ether oxygens (including phenoxy) is 1. The summed E-state index contributed by atoms with van der Waals surface area (Å²) in [6.45, 7) is 9.65. The van der Waals surface area contributed by atoms with Crippen LogP contribution in [0.2, 0.25) is 0 Å². The number of aromatic nitrogens is 2. The molecule has 39 heavy (non-hydrogen) atoms. The van der Waals surface area contributed by atoms with Gasteiger partial charge in [-0.1, -0.05) is 0 Å². The Hall–Kier alpha value is -2.89. The summed E-state index contributed by atoms with van der Waals surface area (Å²) in [6.07, 6.45) is 10.3. The maximum Gasteiger partial charge on any atom is 0.202 e. The van der Waals surface area contributed by atoms with Crippen molar-refractivity contribution in [3.63, 3.8) is 0 Å². The summed E-state index contributed by atoms with van der Waals surface area (Å²) >= 11 is 0. The van der Waals surface area contributed by atoms with Crippen molar-refractivity contribution in [2.45, 2.75) is 93.8 Å². The Labute approximate surface area is 230 Å². The van der Waals surface area contributed by atoms with E-state index in [2.05, 4.69) is 41.0 Å². The largest absolute Gasteiger partial charge is 0.488 e. The number of fused-ring (bicyclic) bond motifs is 1. The van der Waals surface area contributed by atoms with E-state index in [0.29, 0.717) is 17.4 Å². The Bertz CT molecular complexity index is 1450. The van der Waals surface area contributed by atoms with E-state index in [1.165, 1.54) is 16.7 Å². The summed E-state index contributed by atoms with van der Waals surface area (Å²) in [4.78, 5) is 4.80. The molecular formula is C28H39N7O3S. The van der Waals surface area contributed by atoms with Crippen LogP contribution in [0.5, 0.6) is 5.75 Å². The van der Waals surface area contributed by atoms with Gasteiger partial charge < -0.3 is 20.7 Å². The lowest BCUT2D eigenvalue weighted by Crippen LogP contribution is -2.42. The van der Waals surface area contributed by atoms with Crippen LogP contribution in [0, 0.1) is 6.92 Å². The number of anilines is 1. The van der Waals surface area contributed by atoms with E-state index in [-0.39, 0.29) is 17.2 Å². The maximum atomic E-state index is 13.3. The third kappa shape index (κ3) is 4.74. The number of hydrogen-bond donors (Lipinski definition) is 4. The number of hydrogen-bond acceptors (Lipinski definition) is 9. The summed E-state index contributed by atoms with van der Waals surface area (Å²) in [6, 6.07) is 2.34. The lowest BCUT2D eigenvalue weighted by Gasteiger charge is -2.29. The molecular weight excluding hydrogens is 514 g/mol. The summed E-state index contributed by atoms with van der Waals surface area (Å²) in [5, 5.41) is 13.9. The molecule has 0 radical (unpaired) electrons. The number of aryl methyl sites for hydroxylation is 1. The van der Waals surface area contributed by atoms with E-state index in [9.17, 15) is 8.42 Å². The first kappa shape index (κ1) is 26.3. The molecule has 10 nitrogen and oxygen atoms in total. The third-order valence-electron chi connectivity index (χ3n) is 8.24. The molecule has 2 unspecified atom stereocenters. The second-order valence-electron chi connectivity index (χ2n) is 11.7. The minimum absolute atomic E-state index is 0.00164. The van der Waals surface area contributed by atoms with Crippen LogP contribution in [0.25, 0.3) is 0 Å². The first-order valence-electron chi connectivity index (χ1n) is 14.0. The van der Waals surface area contributed by atoms with Crippen LogP contribution in [0.1, 0.15) is 80.7 Å². The van der Waals surface area contributed by atoms with E-state index in [4.69, 9.17) is 15.5 Å². The van der Waals surface area contributed by atoms with E-state index in [1.807, 2.05) is 0 Å². The molecule has 2 aromatic rings. The van der Waals surface area contributed by atoms with Crippen LogP contribution in [0.4, 0.5) is 5.69 Å². The van der Waals surface area contributed by atoms with Crippen LogP contribution < -0.4 is 26.4 Å². The van der Waals surface area contributed by atoms with Gasteiger partial charge in [-0.15, -0.1) is 0 Å². The molecule has 2 fully saturated rings. The van der Waals surface area contributed by atoms with E-state index < -0.39 is 20.8 Å². The van der Waals surface area contributed by atoms with E-state index in [0.717, 1.165) is 56.6 Å². The highest BCUT2D eigenvalue weighted by Crippen LogP contribution is 2.45. The van der Waals surface area contributed by atoms with Crippen molar-refractivity contribution < 1.29 is 13.2 Å². The highest BCUT2D eigenvalue weighted by Gasteiger charge is 2.40. The van der Waals surface area contributed by atoms with Crippen LogP contribution >= 0.6 is 0 Å². The summed E-state index contributed by atoms with van der Waals surface area (Å²) in [7, 11) is -3.67. The molecule has 0 bridgehead atoms. The molecule has 3 aliphatic heterocycles. The molecule has 0 spiro atoms. The van der Waals surface area contributed by atoms with Crippen molar-refractivity contribution in [3.8, 4) is 5.75 Å². The average Bonchev–Trinajstić information content (AvgIpc) is 3.50. The van der Waals surface area contributed by atoms with Gasteiger partial charge in [0, 0.05) is 24.4 Å². The fourth-order valence-electron chi connectivity index (χ4n) is 5.98. The average molecular weight is 554 g/mol. The molecule has 1 aliphatic carbocycles. The minimum Gasteiger partial charge on any atom is -0.488 e. The van der Waals surface area contributed by atoms with Crippen LogP contribution in [-0.2, 0) is 21.9 Å². The molecule has 2 atom stereocenters. The van der Waals surface area contributed by atoms with Gasteiger partial charge in [-0.25, -0.2) is 13.4 Å². The third-order valence-corrected chi connectivity index (χ3v) is 10.3. The van der Waals surface area contributed by atoms with Gasteiger partial charge in [0.25, 0.3) is 0 Å². The van der Waals surface area contributed by atoms with Crippen LogP contribution in [0.15, 0.2) is 34.6 Å². The van der Waals surface area contributed by atoms with Crippen molar-refractivity contribution >= 4 is 21.5 Å². The maximum absolute atomic E-state index is 13.3. The molecule has 11 heteroatoms. The summed E-state index contributed by atoms with van der Waals surface area (Å²) in [5.74, 6) is 1.82. The van der Waals surface area contributed by atoms with Crippen molar-refractivity contribution in [1.29, 1.82) is 0 Å². The molecule has 1 aromatic carbocycles. The molecule has 1 saturated carbocycles. The SMILES string of the molecule is Cc1cc(NC2=NC(N)(c3cn(C4CC4)nc3S(=O)(=O)C(C)C)C=CN2)c2c(c1C1CCNCC1)CC(C)O2. The zero-order chi connectivity index (χ0) is 27.5.